The van der Waals surface area contributed by atoms with E-state index < -0.39 is 27.5 Å². The molecule has 1 unspecified atom stereocenters. The van der Waals surface area contributed by atoms with Crippen LogP contribution in [-0.4, -0.2) is 24.6 Å². The number of carbonyl (C=O) groups excluding carboxylic acids is 1. The summed E-state index contributed by atoms with van der Waals surface area (Å²) in [5, 5.41) is 0.823. The molecule has 30 heavy (non-hydrogen) atoms. The van der Waals surface area contributed by atoms with Crippen LogP contribution in [0.4, 0.5) is 4.39 Å². The van der Waals surface area contributed by atoms with Crippen molar-refractivity contribution in [3.8, 4) is 0 Å². The molecule has 0 fully saturated rings. The zero-order chi connectivity index (χ0) is 21.8. The smallest absolute Gasteiger partial charge is 0.326 e. The standard InChI is InChI=1S/C22H23FN2O4S/c1-13-20(21-16-10-9-14(23)11-18(16)30(27,28)24-21)15-7-5-6-8-17(15)25(13)12-19(26)29-22(2,3)4/h5-11,21,24H,12H2,1-4H3. The Morgan fingerprint density at radius 1 is 1.20 bits per heavy atom. The number of fused-ring (bicyclic) bond motifs is 2. The Kier molecular flexibility index (Phi) is 4.74. The van der Waals surface area contributed by atoms with E-state index in [-0.39, 0.29) is 17.4 Å². The summed E-state index contributed by atoms with van der Waals surface area (Å²) in [5.74, 6) is -0.990. The molecule has 1 aromatic heterocycles. The summed E-state index contributed by atoms with van der Waals surface area (Å²) in [6, 6.07) is 10.6. The SMILES string of the molecule is Cc1c(C2NS(=O)(=O)c3cc(F)ccc32)c2ccccc2n1CC(=O)OC(C)(C)C. The van der Waals surface area contributed by atoms with E-state index in [1.54, 1.807) is 20.8 Å². The Bertz CT molecular complexity index is 1270. The lowest BCUT2D eigenvalue weighted by Crippen LogP contribution is -2.27. The van der Waals surface area contributed by atoms with Crippen molar-refractivity contribution in [1.29, 1.82) is 0 Å². The zero-order valence-electron chi connectivity index (χ0n) is 17.2. The van der Waals surface area contributed by atoms with Crippen molar-refractivity contribution in [2.75, 3.05) is 0 Å². The number of hydrogen-bond acceptors (Lipinski definition) is 4. The first-order valence-electron chi connectivity index (χ1n) is 9.59. The summed E-state index contributed by atoms with van der Waals surface area (Å²) in [5.41, 5.74) is 2.15. The summed E-state index contributed by atoms with van der Waals surface area (Å²) in [4.78, 5) is 12.4. The molecule has 1 aliphatic rings. The Morgan fingerprint density at radius 3 is 2.60 bits per heavy atom. The van der Waals surface area contributed by atoms with E-state index in [2.05, 4.69) is 4.72 Å². The second kappa shape index (κ2) is 6.92. The highest BCUT2D eigenvalue weighted by atomic mass is 32.2. The molecule has 0 bridgehead atoms. The summed E-state index contributed by atoms with van der Waals surface area (Å²) in [6.07, 6.45) is 0. The molecule has 1 atom stereocenters. The van der Waals surface area contributed by atoms with Crippen molar-refractivity contribution in [3.63, 3.8) is 0 Å². The highest BCUT2D eigenvalue weighted by Crippen LogP contribution is 2.41. The van der Waals surface area contributed by atoms with Crippen LogP contribution < -0.4 is 4.72 Å². The van der Waals surface area contributed by atoms with Gasteiger partial charge in [-0.2, -0.15) is 4.72 Å². The molecule has 0 saturated carbocycles. The molecule has 1 N–H and O–H groups in total. The van der Waals surface area contributed by atoms with Crippen molar-refractivity contribution in [2.45, 2.75) is 50.8 Å². The lowest BCUT2D eigenvalue weighted by atomic mass is 9.97. The summed E-state index contributed by atoms with van der Waals surface area (Å²) in [6.45, 7) is 7.26. The second-order valence-corrected chi connectivity index (χ2v) is 10.1. The van der Waals surface area contributed by atoms with E-state index in [9.17, 15) is 17.6 Å². The normalized spacial score (nSPS) is 17.8. The van der Waals surface area contributed by atoms with Crippen LogP contribution >= 0.6 is 0 Å². The van der Waals surface area contributed by atoms with Gasteiger partial charge in [-0.25, -0.2) is 12.8 Å². The number of nitrogens with one attached hydrogen (secondary N) is 1. The maximum absolute atomic E-state index is 13.7. The highest BCUT2D eigenvalue weighted by Gasteiger charge is 2.38. The first-order valence-corrected chi connectivity index (χ1v) is 11.1. The van der Waals surface area contributed by atoms with Crippen molar-refractivity contribution in [1.82, 2.24) is 9.29 Å². The monoisotopic (exact) mass is 430 g/mol. The number of halogens is 1. The van der Waals surface area contributed by atoms with Gasteiger partial charge in [0.05, 0.1) is 10.9 Å². The zero-order valence-corrected chi connectivity index (χ0v) is 18.0. The topological polar surface area (TPSA) is 77.4 Å². The van der Waals surface area contributed by atoms with Crippen molar-refractivity contribution in [2.24, 2.45) is 0 Å². The largest absolute Gasteiger partial charge is 0.459 e. The van der Waals surface area contributed by atoms with Gasteiger partial charge in [0.1, 0.15) is 18.0 Å². The average molecular weight is 431 g/mol. The molecular formula is C22H23FN2O4S. The predicted molar refractivity (Wildman–Crippen MR) is 111 cm³/mol. The molecule has 8 heteroatoms. The van der Waals surface area contributed by atoms with Crippen molar-refractivity contribution in [3.05, 3.63) is 65.1 Å². The van der Waals surface area contributed by atoms with Gasteiger partial charge in [-0.1, -0.05) is 24.3 Å². The van der Waals surface area contributed by atoms with Crippen molar-refractivity contribution >= 4 is 26.9 Å². The van der Waals surface area contributed by atoms with Crippen LogP contribution in [0, 0.1) is 12.7 Å². The number of benzene rings is 2. The third-order valence-corrected chi connectivity index (χ3v) is 6.60. The van der Waals surface area contributed by atoms with E-state index >= 15 is 0 Å². The first kappa shape index (κ1) is 20.6. The Hall–Kier alpha value is -2.71. The summed E-state index contributed by atoms with van der Waals surface area (Å²) >= 11 is 0. The van der Waals surface area contributed by atoms with E-state index in [0.717, 1.165) is 28.2 Å². The van der Waals surface area contributed by atoms with Gasteiger partial charge in [0.15, 0.2) is 0 Å². The Labute approximate surface area is 174 Å². The quantitative estimate of drug-likeness (QED) is 0.641. The van der Waals surface area contributed by atoms with Crippen LogP contribution in [0.1, 0.15) is 43.6 Å². The first-order chi connectivity index (χ1) is 14.0. The highest BCUT2D eigenvalue weighted by molar-refractivity contribution is 7.89. The van der Waals surface area contributed by atoms with Crippen LogP contribution in [0.15, 0.2) is 47.4 Å². The van der Waals surface area contributed by atoms with Crippen LogP contribution in [0.25, 0.3) is 10.9 Å². The van der Waals surface area contributed by atoms with Crippen LogP contribution in [0.2, 0.25) is 0 Å². The molecule has 0 radical (unpaired) electrons. The second-order valence-electron chi connectivity index (χ2n) is 8.43. The molecule has 3 aromatic rings. The minimum absolute atomic E-state index is 0.000633. The number of aromatic nitrogens is 1. The summed E-state index contributed by atoms with van der Waals surface area (Å²) < 4.78 is 48.9. The fourth-order valence-corrected chi connectivity index (χ4v) is 5.45. The number of hydrogen-bond donors (Lipinski definition) is 1. The van der Waals surface area contributed by atoms with Crippen molar-refractivity contribution < 1.29 is 22.3 Å². The lowest BCUT2D eigenvalue weighted by molar-refractivity contribution is -0.155. The number of rotatable bonds is 3. The van der Waals surface area contributed by atoms with Crippen LogP contribution in [0.5, 0.6) is 0 Å². The van der Waals surface area contributed by atoms with Gasteiger partial charge in [-0.15, -0.1) is 0 Å². The minimum Gasteiger partial charge on any atom is -0.459 e. The van der Waals surface area contributed by atoms with Crippen LogP contribution in [-0.2, 0) is 26.1 Å². The van der Waals surface area contributed by atoms with Gasteiger partial charge in [-0.05, 0) is 51.5 Å². The third kappa shape index (κ3) is 3.50. The molecule has 4 rings (SSSR count). The van der Waals surface area contributed by atoms with Gasteiger partial charge >= 0.3 is 5.97 Å². The van der Waals surface area contributed by atoms with Crippen LogP contribution in [0.3, 0.4) is 0 Å². The number of sulfonamides is 1. The molecule has 0 amide bonds. The van der Waals surface area contributed by atoms with Gasteiger partial charge < -0.3 is 9.30 Å². The van der Waals surface area contributed by atoms with Gasteiger partial charge in [-0.3, -0.25) is 4.79 Å². The van der Waals surface area contributed by atoms with Gasteiger partial charge in [0.25, 0.3) is 0 Å². The van der Waals surface area contributed by atoms with E-state index in [4.69, 9.17) is 4.74 Å². The molecule has 158 valence electrons. The Balaban J connectivity index is 1.86. The Morgan fingerprint density at radius 2 is 1.90 bits per heavy atom. The van der Waals surface area contributed by atoms with E-state index in [1.807, 2.05) is 35.8 Å². The molecule has 0 saturated heterocycles. The number of esters is 1. The number of para-hydroxylation sites is 1. The molecule has 6 nitrogen and oxygen atoms in total. The minimum atomic E-state index is -3.84. The number of carbonyl (C=O) groups is 1. The predicted octanol–water partition coefficient (Wildman–Crippen LogP) is 3.81. The summed E-state index contributed by atoms with van der Waals surface area (Å²) in [7, 11) is -3.84. The molecule has 0 spiro atoms. The molecular weight excluding hydrogens is 407 g/mol. The maximum Gasteiger partial charge on any atom is 0.326 e. The molecule has 2 heterocycles. The fourth-order valence-electron chi connectivity index (χ4n) is 4.00. The lowest BCUT2D eigenvalue weighted by Gasteiger charge is -2.20. The van der Waals surface area contributed by atoms with Gasteiger partial charge in [0.2, 0.25) is 10.0 Å². The number of nitrogens with zero attached hydrogens (tertiary/aromatic N) is 1. The molecule has 1 aliphatic heterocycles. The maximum atomic E-state index is 13.7. The number of ether oxygens (including phenoxy) is 1. The van der Waals surface area contributed by atoms with Gasteiger partial charge in [0, 0.05) is 22.2 Å². The fraction of sp³-hybridized carbons (Fsp3) is 0.318. The third-order valence-electron chi connectivity index (χ3n) is 5.12. The molecule has 2 aromatic carbocycles. The molecule has 0 aliphatic carbocycles. The average Bonchev–Trinajstić information content (AvgIpc) is 3.04. The van der Waals surface area contributed by atoms with E-state index in [1.165, 1.54) is 12.1 Å². The van der Waals surface area contributed by atoms with E-state index in [0.29, 0.717) is 5.56 Å².